The van der Waals surface area contributed by atoms with E-state index in [4.69, 9.17) is 4.74 Å². The van der Waals surface area contributed by atoms with Crippen molar-refractivity contribution < 1.29 is 9.53 Å². The molecule has 2 aromatic rings. The highest BCUT2D eigenvalue weighted by molar-refractivity contribution is 5.88. The molecule has 0 spiro atoms. The highest BCUT2D eigenvalue weighted by Crippen LogP contribution is 2.16. The number of carbonyl (C=O) groups is 1. The van der Waals surface area contributed by atoms with E-state index < -0.39 is 0 Å². The van der Waals surface area contributed by atoms with Crippen molar-refractivity contribution >= 4 is 11.6 Å². The Hall–Kier alpha value is -1.91. The number of pyridine rings is 1. The van der Waals surface area contributed by atoms with Crippen molar-refractivity contribution in [3.8, 4) is 0 Å². The van der Waals surface area contributed by atoms with Crippen LogP contribution in [0.15, 0.2) is 18.2 Å². The maximum absolute atomic E-state index is 11.6. The van der Waals surface area contributed by atoms with E-state index in [1.165, 1.54) is 7.11 Å². The van der Waals surface area contributed by atoms with E-state index in [1.54, 1.807) is 16.5 Å². The van der Waals surface area contributed by atoms with Crippen LogP contribution in [0.5, 0.6) is 0 Å². The molecule has 0 aliphatic rings. The van der Waals surface area contributed by atoms with Crippen LogP contribution in [0.3, 0.4) is 0 Å². The second-order valence-electron chi connectivity index (χ2n) is 3.81. The molecular formula is C11H13N3O2. The van der Waals surface area contributed by atoms with Crippen molar-refractivity contribution in [2.45, 2.75) is 19.8 Å². The number of rotatable bonds is 2. The Bertz CT molecular complexity index is 531. The number of methoxy groups -OCH3 is 1. The van der Waals surface area contributed by atoms with Crippen molar-refractivity contribution in [3.05, 3.63) is 29.7 Å². The molecule has 0 unspecified atom stereocenters. The first-order chi connectivity index (χ1) is 7.65. The summed E-state index contributed by atoms with van der Waals surface area (Å²) in [6.07, 6.45) is 0. The van der Waals surface area contributed by atoms with Crippen LogP contribution in [0.1, 0.15) is 36.1 Å². The Morgan fingerprint density at radius 3 is 2.75 bits per heavy atom. The normalized spacial score (nSPS) is 11.0. The average molecular weight is 219 g/mol. The van der Waals surface area contributed by atoms with Crippen LogP contribution in [-0.4, -0.2) is 27.7 Å². The molecule has 5 heteroatoms. The molecule has 0 aromatic carbocycles. The van der Waals surface area contributed by atoms with E-state index in [1.807, 2.05) is 19.9 Å². The van der Waals surface area contributed by atoms with E-state index in [2.05, 4.69) is 10.2 Å². The van der Waals surface area contributed by atoms with Gasteiger partial charge in [-0.1, -0.05) is 19.9 Å². The number of fused-ring (bicyclic) bond motifs is 1. The Labute approximate surface area is 93.1 Å². The third-order valence-corrected chi connectivity index (χ3v) is 2.36. The van der Waals surface area contributed by atoms with E-state index >= 15 is 0 Å². The smallest absolute Gasteiger partial charge is 0.355 e. The van der Waals surface area contributed by atoms with Crippen LogP contribution in [0, 0.1) is 0 Å². The molecule has 0 saturated heterocycles. The van der Waals surface area contributed by atoms with Gasteiger partial charge >= 0.3 is 5.97 Å². The van der Waals surface area contributed by atoms with Gasteiger partial charge in [-0.05, 0) is 12.1 Å². The molecule has 16 heavy (non-hydrogen) atoms. The summed E-state index contributed by atoms with van der Waals surface area (Å²) in [5.41, 5.74) is 1.11. The lowest BCUT2D eigenvalue weighted by Gasteiger charge is -2.07. The zero-order valence-electron chi connectivity index (χ0n) is 9.47. The summed E-state index contributed by atoms with van der Waals surface area (Å²) in [6.45, 7) is 4.01. The minimum absolute atomic E-state index is 0.195. The maximum atomic E-state index is 11.6. The summed E-state index contributed by atoms with van der Waals surface area (Å²) in [5, 5.41) is 8.10. The predicted octanol–water partition coefficient (Wildman–Crippen LogP) is 1.64. The second-order valence-corrected chi connectivity index (χ2v) is 3.81. The molecule has 0 radical (unpaired) electrons. The minimum atomic E-state index is -0.382. The lowest BCUT2D eigenvalue weighted by atomic mass is 10.2. The quantitative estimate of drug-likeness (QED) is 0.720. The monoisotopic (exact) mass is 219 g/mol. The Balaban J connectivity index is 2.73. The van der Waals surface area contributed by atoms with Gasteiger partial charge < -0.3 is 4.74 Å². The molecule has 0 saturated carbocycles. The van der Waals surface area contributed by atoms with Crippen molar-refractivity contribution in [3.63, 3.8) is 0 Å². The first-order valence-electron chi connectivity index (χ1n) is 5.07. The summed E-state index contributed by atoms with van der Waals surface area (Å²) in [6, 6.07) is 5.28. The molecule has 0 fully saturated rings. The molecule has 0 N–H and O–H groups in total. The first-order valence-corrected chi connectivity index (χ1v) is 5.07. The zero-order valence-corrected chi connectivity index (χ0v) is 9.47. The van der Waals surface area contributed by atoms with Gasteiger partial charge in [0.05, 0.1) is 7.11 Å². The van der Waals surface area contributed by atoms with Gasteiger partial charge in [0.1, 0.15) is 11.5 Å². The topological polar surface area (TPSA) is 56.5 Å². The molecule has 5 nitrogen and oxygen atoms in total. The highest BCUT2D eigenvalue weighted by Gasteiger charge is 2.16. The van der Waals surface area contributed by atoms with Crippen molar-refractivity contribution in [2.75, 3.05) is 7.11 Å². The number of hydrogen-bond donors (Lipinski definition) is 0. The van der Waals surface area contributed by atoms with Crippen LogP contribution < -0.4 is 0 Å². The zero-order chi connectivity index (χ0) is 11.7. The lowest BCUT2D eigenvalue weighted by molar-refractivity contribution is 0.0592. The summed E-state index contributed by atoms with van der Waals surface area (Å²) in [7, 11) is 1.36. The molecule has 0 amide bonds. The number of ether oxygens (including phenoxy) is 1. The Kier molecular flexibility index (Phi) is 2.60. The standard InChI is InChI=1S/C11H13N3O2/c1-7(2)10-13-12-9-6-4-5-8(14(9)10)11(15)16-3/h4-7H,1-3H3. The van der Waals surface area contributed by atoms with Crippen molar-refractivity contribution in [1.82, 2.24) is 14.6 Å². The number of carbonyl (C=O) groups excluding carboxylic acids is 1. The van der Waals surface area contributed by atoms with Gasteiger partial charge in [0.15, 0.2) is 5.65 Å². The summed E-state index contributed by atoms with van der Waals surface area (Å²) in [5.74, 6) is 0.573. The molecule has 84 valence electrons. The Morgan fingerprint density at radius 1 is 1.38 bits per heavy atom. The van der Waals surface area contributed by atoms with Gasteiger partial charge in [-0.2, -0.15) is 0 Å². The fourth-order valence-corrected chi connectivity index (χ4v) is 1.60. The van der Waals surface area contributed by atoms with Gasteiger partial charge in [-0.15, -0.1) is 10.2 Å². The van der Waals surface area contributed by atoms with E-state index in [9.17, 15) is 4.79 Å². The van der Waals surface area contributed by atoms with Gasteiger partial charge in [0, 0.05) is 5.92 Å². The predicted molar refractivity (Wildman–Crippen MR) is 58.4 cm³/mol. The number of nitrogens with zero attached hydrogens (tertiary/aromatic N) is 3. The summed E-state index contributed by atoms with van der Waals surface area (Å²) < 4.78 is 6.47. The van der Waals surface area contributed by atoms with Crippen LogP contribution in [0.25, 0.3) is 5.65 Å². The van der Waals surface area contributed by atoms with Gasteiger partial charge in [0.25, 0.3) is 0 Å². The van der Waals surface area contributed by atoms with E-state index in [0.717, 1.165) is 5.82 Å². The third kappa shape index (κ3) is 1.54. The fourth-order valence-electron chi connectivity index (χ4n) is 1.60. The number of hydrogen-bond acceptors (Lipinski definition) is 4. The third-order valence-electron chi connectivity index (χ3n) is 2.36. The molecule has 0 bridgehead atoms. The average Bonchev–Trinajstić information content (AvgIpc) is 2.71. The molecule has 0 aliphatic carbocycles. The molecule has 2 aromatic heterocycles. The molecule has 2 rings (SSSR count). The minimum Gasteiger partial charge on any atom is -0.464 e. The maximum Gasteiger partial charge on any atom is 0.355 e. The second kappa shape index (κ2) is 3.92. The van der Waals surface area contributed by atoms with Crippen molar-refractivity contribution in [1.29, 1.82) is 0 Å². The highest BCUT2D eigenvalue weighted by atomic mass is 16.5. The fraction of sp³-hybridized carbons (Fsp3) is 0.364. The summed E-state index contributed by atoms with van der Waals surface area (Å²) in [4.78, 5) is 11.6. The van der Waals surface area contributed by atoms with Crippen molar-refractivity contribution in [2.24, 2.45) is 0 Å². The first kappa shape index (κ1) is 10.6. The van der Waals surface area contributed by atoms with E-state index in [-0.39, 0.29) is 11.9 Å². The van der Waals surface area contributed by atoms with Gasteiger partial charge in [0.2, 0.25) is 0 Å². The number of esters is 1. The molecular weight excluding hydrogens is 206 g/mol. The van der Waals surface area contributed by atoms with Gasteiger partial charge in [-0.3, -0.25) is 4.40 Å². The number of aromatic nitrogens is 3. The van der Waals surface area contributed by atoms with Crippen LogP contribution >= 0.6 is 0 Å². The van der Waals surface area contributed by atoms with Crippen LogP contribution in [0.4, 0.5) is 0 Å². The van der Waals surface area contributed by atoms with Crippen LogP contribution in [0.2, 0.25) is 0 Å². The summed E-state index contributed by atoms with van der Waals surface area (Å²) >= 11 is 0. The van der Waals surface area contributed by atoms with Crippen LogP contribution in [-0.2, 0) is 4.74 Å². The molecule has 2 heterocycles. The van der Waals surface area contributed by atoms with Gasteiger partial charge in [-0.25, -0.2) is 4.79 Å². The molecule has 0 atom stereocenters. The Morgan fingerprint density at radius 2 is 2.12 bits per heavy atom. The van der Waals surface area contributed by atoms with E-state index in [0.29, 0.717) is 11.3 Å². The lowest BCUT2D eigenvalue weighted by Crippen LogP contribution is -2.10. The largest absolute Gasteiger partial charge is 0.464 e. The molecule has 0 aliphatic heterocycles. The SMILES string of the molecule is COC(=O)c1cccc2nnc(C(C)C)n12.